The standard InChI is InChI=1S/C55H31N3OS/c1-2-14-33(15-3-1)53-56-54(58-55(57-53)43-22-12-24-48-50(43)42-21-10-11-23-47(42)60-48)41-28-27-40(38-19-8-9-20-39(38)41)44-30-36-26-25-32-13-6-7-18-37(32)49(36)52-51(44)45-29-34-16-4-5-17-35(34)31-46(45)59-52/h1-31H. The van der Waals surface area contributed by atoms with Crippen LogP contribution in [-0.2, 0) is 0 Å². The molecule has 0 N–H and O–H groups in total. The molecule has 0 saturated heterocycles. The first-order valence-corrected chi connectivity index (χ1v) is 21.0. The third-order valence-corrected chi connectivity index (χ3v) is 13.2. The van der Waals surface area contributed by atoms with Crippen molar-refractivity contribution in [2.75, 3.05) is 0 Å². The van der Waals surface area contributed by atoms with Gasteiger partial charge in [-0.05, 0) is 85.2 Å². The molecule has 278 valence electrons. The summed E-state index contributed by atoms with van der Waals surface area (Å²) in [5, 5.41) is 13.8. The monoisotopic (exact) mass is 781 g/mol. The maximum atomic E-state index is 6.98. The van der Waals surface area contributed by atoms with E-state index in [1.54, 1.807) is 11.3 Å². The van der Waals surface area contributed by atoms with Crippen molar-refractivity contribution < 1.29 is 4.42 Å². The summed E-state index contributed by atoms with van der Waals surface area (Å²) in [7, 11) is 0. The molecule has 0 atom stereocenters. The number of thiophene rings is 1. The fourth-order valence-electron chi connectivity index (χ4n) is 9.35. The van der Waals surface area contributed by atoms with Crippen LogP contribution in [0.3, 0.4) is 0 Å². The van der Waals surface area contributed by atoms with Crippen LogP contribution in [-0.4, -0.2) is 15.0 Å². The van der Waals surface area contributed by atoms with Crippen LogP contribution in [0.4, 0.5) is 0 Å². The highest BCUT2D eigenvalue weighted by Crippen LogP contribution is 2.47. The minimum Gasteiger partial charge on any atom is -0.455 e. The van der Waals surface area contributed by atoms with Crippen molar-refractivity contribution in [2.45, 2.75) is 0 Å². The van der Waals surface area contributed by atoms with Crippen molar-refractivity contribution in [3.05, 3.63) is 188 Å². The Kier molecular flexibility index (Phi) is 7.14. The molecule has 0 bridgehead atoms. The van der Waals surface area contributed by atoms with Gasteiger partial charge in [0.1, 0.15) is 11.2 Å². The fraction of sp³-hybridized carbons (Fsp3) is 0. The molecule has 0 unspecified atom stereocenters. The summed E-state index contributed by atoms with van der Waals surface area (Å²) in [5.41, 5.74) is 6.92. The predicted molar refractivity (Wildman–Crippen MR) is 252 cm³/mol. The molecule has 0 aliphatic carbocycles. The van der Waals surface area contributed by atoms with E-state index in [1.807, 2.05) is 18.2 Å². The minimum absolute atomic E-state index is 0.633. The Morgan fingerprint density at radius 1 is 0.333 bits per heavy atom. The molecule has 0 aliphatic heterocycles. The van der Waals surface area contributed by atoms with Crippen LogP contribution in [0.15, 0.2) is 192 Å². The highest BCUT2D eigenvalue weighted by atomic mass is 32.1. The van der Waals surface area contributed by atoms with Crippen LogP contribution in [0.25, 0.3) is 130 Å². The number of aromatic nitrogens is 3. The van der Waals surface area contributed by atoms with E-state index in [0.717, 1.165) is 76.7 Å². The van der Waals surface area contributed by atoms with Gasteiger partial charge in [-0.15, -0.1) is 11.3 Å². The van der Waals surface area contributed by atoms with Gasteiger partial charge in [-0.2, -0.15) is 0 Å². The summed E-state index contributed by atoms with van der Waals surface area (Å²) in [5.74, 6) is 1.93. The number of furan rings is 1. The maximum Gasteiger partial charge on any atom is 0.164 e. The second-order valence-corrected chi connectivity index (χ2v) is 16.5. The Bertz CT molecular complexity index is 3900. The van der Waals surface area contributed by atoms with Crippen LogP contribution in [0.5, 0.6) is 0 Å². The average Bonchev–Trinajstić information content (AvgIpc) is 3.88. The van der Waals surface area contributed by atoms with E-state index in [0.29, 0.717) is 17.5 Å². The second-order valence-electron chi connectivity index (χ2n) is 15.5. The van der Waals surface area contributed by atoms with Gasteiger partial charge in [-0.25, -0.2) is 15.0 Å². The molecule has 0 spiro atoms. The molecule has 0 saturated carbocycles. The molecule has 0 aliphatic rings. The van der Waals surface area contributed by atoms with Crippen LogP contribution in [0, 0.1) is 0 Å². The number of hydrogen-bond acceptors (Lipinski definition) is 5. The molecule has 0 fully saturated rings. The molecule has 13 aromatic rings. The molecule has 60 heavy (non-hydrogen) atoms. The Balaban J connectivity index is 1.09. The van der Waals surface area contributed by atoms with Crippen LogP contribution in [0.2, 0.25) is 0 Å². The van der Waals surface area contributed by atoms with Crippen molar-refractivity contribution in [1.29, 1.82) is 0 Å². The zero-order valence-electron chi connectivity index (χ0n) is 32.1. The Morgan fingerprint density at radius 3 is 1.78 bits per heavy atom. The molecule has 4 nitrogen and oxygen atoms in total. The summed E-state index contributed by atoms with van der Waals surface area (Å²) in [6.07, 6.45) is 0. The first kappa shape index (κ1) is 33.3. The molecule has 10 aromatic carbocycles. The maximum absolute atomic E-state index is 6.98. The number of rotatable bonds is 4. The molecular weight excluding hydrogens is 751 g/mol. The zero-order valence-corrected chi connectivity index (χ0v) is 32.9. The van der Waals surface area contributed by atoms with Gasteiger partial charge in [0.25, 0.3) is 0 Å². The van der Waals surface area contributed by atoms with Crippen molar-refractivity contribution in [3.8, 4) is 45.3 Å². The number of fused-ring (bicyclic) bond motifs is 12. The van der Waals surface area contributed by atoms with Crippen molar-refractivity contribution in [3.63, 3.8) is 0 Å². The highest BCUT2D eigenvalue weighted by molar-refractivity contribution is 7.25. The van der Waals surface area contributed by atoms with Crippen LogP contribution < -0.4 is 0 Å². The summed E-state index contributed by atoms with van der Waals surface area (Å²) >= 11 is 1.80. The Morgan fingerprint density at radius 2 is 0.950 bits per heavy atom. The van der Waals surface area contributed by atoms with Crippen molar-refractivity contribution in [2.24, 2.45) is 0 Å². The Labute approximate surface area is 347 Å². The molecule has 3 aromatic heterocycles. The van der Waals surface area contributed by atoms with E-state index in [2.05, 4.69) is 170 Å². The van der Waals surface area contributed by atoms with E-state index < -0.39 is 0 Å². The lowest BCUT2D eigenvalue weighted by atomic mass is 9.89. The molecule has 13 rings (SSSR count). The lowest BCUT2D eigenvalue weighted by Gasteiger charge is -2.15. The number of nitrogens with zero attached hydrogens (tertiary/aromatic N) is 3. The lowest BCUT2D eigenvalue weighted by Crippen LogP contribution is -2.01. The van der Waals surface area contributed by atoms with Crippen molar-refractivity contribution >= 4 is 96.5 Å². The van der Waals surface area contributed by atoms with Gasteiger partial charge in [0.2, 0.25) is 0 Å². The first-order chi connectivity index (χ1) is 29.7. The third-order valence-electron chi connectivity index (χ3n) is 12.1. The van der Waals surface area contributed by atoms with Gasteiger partial charge in [-0.3, -0.25) is 0 Å². The summed E-state index contributed by atoms with van der Waals surface area (Å²) in [6, 6.07) is 66.7. The van der Waals surface area contributed by atoms with Crippen LogP contribution in [0.1, 0.15) is 0 Å². The van der Waals surface area contributed by atoms with Gasteiger partial charge in [-0.1, -0.05) is 152 Å². The molecule has 5 heteroatoms. The predicted octanol–water partition coefficient (Wildman–Crippen LogP) is 15.4. The van der Waals surface area contributed by atoms with E-state index in [-0.39, 0.29) is 0 Å². The zero-order chi connectivity index (χ0) is 39.3. The Hall–Kier alpha value is -7.73. The van der Waals surface area contributed by atoms with E-state index >= 15 is 0 Å². The normalized spacial score (nSPS) is 12.0. The molecule has 0 amide bonds. The summed E-state index contributed by atoms with van der Waals surface area (Å²) in [4.78, 5) is 15.7. The molecule has 3 heterocycles. The van der Waals surface area contributed by atoms with E-state index in [1.165, 1.54) is 36.3 Å². The largest absolute Gasteiger partial charge is 0.455 e. The summed E-state index contributed by atoms with van der Waals surface area (Å²) in [6.45, 7) is 0. The topological polar surface area (TPSA) is 51.8 Å². The van der Waals surface area contributed by atoms with Gasteiger partial charge >= 0.3 is 0 Å². The number of hydrogen-bond donors (Lipinski definition) is 0. The van der Waals surface area contributed by atoms with Gasteiger partial charge in [0.05, 0.1) is 0 Å². The van der Waals surface area contributed by atoms with E-state index in [4.69, 9.17) is 19.4 Å². The molecular formula is C55H31N3OS. The summed E-state index contributed by atoms with van der Waals surface area (Å²) < 4.78 is 9.44. The third kappa shape index (κ3) is 5.00. The quantitative estimate of drug-likeness (QED) is 0.167. The average molecular weight is 782 g/mol. The van der Waals surface area contributed by atoms with Gasteiger partial charge in [0, 0.05) is 53.0 Å². The van der Waals surface area contributed by atoms with Crippen molar-refractivity contribution in [1.82, 2.24) is 15.0 Å². The van der Waals surface area contributed by atoms with Crippen LogP contribution >= 0.6 is 11.3 Å². The lowest BCUT2D eigenvalue weighted by molar-refractivity contribution is 0.673. The fourth-order valence-corrected chi connectivity index (χ4v) is 10.5. The smallest absolute Gasteiger partial charge is 0.164 e. The van der Waals surface area contributed by atoms with Gasteiger partial charge in [0.15, 0.2) is 17.5 Å². The SMILES string of the molecule is c1ccc(-c2nc(-c3ccc(-c4cc5ccc6ccccc6c5c5oc6cc7ccccc7cc6c45)c4ccccc34)nc(-c3cccc4sc5ccccc5c34)n2)cc1. The first-order valence-electron chi connectivity index (χ1n) is 20.2. The van der Waals surface area contributed by atoms with Gasteiger partial charge < -0.3 is 4.42 Å². The number of benzene rings is 10. The second kappa shape index (κ2) is 12.9. The van der Waals surface area contributed by atoms with E-state index in [9.17, 15) is 0 Å². The molecule has 0 radical (unpaired) electrons. The minimum atomic E-state index is 0.633. The highest BCUT2D eigenvalue weighted by Gasteiger charge is 2.22.